The number of nitrogens with two attached hydrogens (primary N) is 1. The fourth-order valence-corrected chi connectivity index (χ4v) is 1.99. The van der Waals surface area contributed by atoms with Crippen LogP contribution in [-0.2, 0) is 0 Å². The first-order valence-corrected chi connectivity index (χ1v) is 5.73. The predicted molar refractivity (Wildman–Crippen MR) is 68.1 cm³/mol. The number of methoxy groups -OCH3 is 1. The molecule has 1 aromatic rings. The predicted octanol–water partition coefficient (Wildman–Crippen LogP) is 2.31. The summed E-state index contributed by atoms with van der Waals surface area (Å²) in [6.07, 6.45) is 1.56. The van der Waals surface area contributed by atoms with Crippen LogP contribution in [0.1, 0.15) is 18.4 Å². The van der Waals surface area contributed by atoms with Crippen molar-refractivity contribution >= 4 is 27.5 Å². The quantitative estimate of drug-likeness (QED) is 0.904. The van der Waals surface area contributed by atoms with Gasteiger partial charge in [0.1, 0.15) is 11.6 Å². The zero-order valence-corrected chi connectivity index (χ0v) is 10.5. The molecule has 0 radical (unpaired) electrons. The van der Waals surface area contributed by atoms with Gasteiger partial charge in [0.05, 0.1) is 12.8 Å². The van der Waals surface area contributed by atoms with Gasteiger partial charge in [-0.15, -0.1) is 5.10 Å². The largest absolute Gasteiger partial charge is 0.497 e. The summed E-state index contributed by atoms with van der Waals surface area (Å²) in [6, 6.07) is 5.78. The van der Waals surface area contributed by atoms with E-state index in [1.807, 2.05) is 18.2 Å². The number of hydrogen-bond donors (Lipinski definition) is 1. The molecule has 0 unspecified atom stereocenters. The first-order chi connectivity index (χ1) is 7.70. The van der Waals surface area contributed by atoms with Gasteiger partial charge < -0.3 is 10.5 Å². The monoisotopic (exact) mass is 281 g/mol. The van der Waals surface area contributed by atoms with Gasteiger partial charge in [-0.1, -0.05) is 15.9 Å². The maximum atomic E-state index is 5.58. The van der Waals surface area contributed by atoms with Gasteiger partial charge in [0.15, 0.2) is 0 Å². The van der Waals surface area contributed by atoms with Crippen LogP contribution in [0.2, 0.25) is 0 Å². The number of rotatable bonds is 2. The Labute approximate surface area is 102 Å². The van der Waals surface area contributed by atoms with E-state index < -0.39 is 0 Å². The zero-order chi connectivity index (χ0) is 11.5. The van der Waals surface area contributed by atoms with Gasteiger partial charge in [-0.25, -0.2) is 0 Å². The summed E-state index contributed by atoms with van der Waals surface area (Å²) >= 11 is 3.49. The summed E-state index contributed by atoms with van der Waals surface area (Å²) in [5, 5.41) is 8.02. The molecule has 84 valence electrons. The summed E-state index contributed by atoms with van der Waals surface area (Å²) < 4.78 is 6.17. The van der Waals surface area contributed by atoms with Gasteiger partial charge >= 0.3 is 0 Å². The number of amidine groups is 1. The maximum Gasteiger partial charge on any atom is 0.122 e. The Bertz CT molecular complexity index is 468. The Morgan fingerprint density at radius 3 is 2.75 bits per heavy atom. The van der Waals surface area contributed by atoms with Crippen molar-refractivity contribution in [3.05, 3.63) is 28.2 Å². The van der Waals surface area contributed by atoms with Crippen LogP contribution in [0.5, 0.6) is 5.75 Å². The van der Waals surface area contributed by atoms with Crippen LogP contribution in [0.25, 0.3) is 0 Å². The van der Waals surface area contributed by atoms with Crippen LogP contribution in [0, 0.1) is 0 Å². The van der Waals surface area contributed by atoms with Crippen molar-refractivity contribution in [3.8, 4) is 5.75 Å². The average Bonchev–Trinajstić information content (AvgIpc) is 2.31. The zero-order valence-electron chi connectivity index (χ0n) is 8.90. The molecule has 16 heavy (non-hydrogen) atoms. The lowest BCUT2D eigenvalue weighted by Gasteiger charge is -2.12. The molecule has 5 heteroatoms. The molecular weight excluding hydrogens is 270 g/mol. The van der Waals surface area contributed by atoms with Crippen LogP contribution in [0.4, 0.5) is 0 Å². The van der Waals surface area contributed by atoms with E-state index in [1.54, 1.807) is 7.11 Å². The highest BCUT2D eigenvalue weighted by atomic mass is 79.9. The molecule has 2 N–H and O–H groups in total. The number of benzene rings is 1. The van der Waals surface area contributed by atoms with E-state index in [4.69, 9.17) is 10.5 Å². The molecule has 1 aromatic carbocycles. The number of halogens is 1. The third-order valence-electron chi connectivity index (χ3n) is 2.40. The molecule has 1 heterocycles. The van der Waals surface area contributed by atoms with Gasteiger partial charge in [0.2, 0.25) is 0 Å². The van der Waals surface area contributed by atoms with Crippen molar-refractivity contribution in [2.45, 2.75) is 12.8 Å². The summed E-state index contributed by atoms with van der Waals surface area (Å²) in [5.74, 6) is 1.39. The van der Waals surface area contributed by atoms with Crippen molar-refractivity contribution in [2.24, 2.45) is 15.9 Å². The summed E-state index contributed by atoms with van der Waals surface area (Å²) in [4.78, 5) is 0. The van der Waals surface area contributed by atoms with E-state index in [1.165, 1.54) is 0 Å². The molecule has 0 spiro atoms. The highest BCUT2D eigenvalue weighted by Gasteiger charge is 2.13. The highest BCUT2D eigenvalue weighted by molar-refractivity contribution is 9.10. The van der Waals surface area contributed by atoms with E-state index in [0.29, 0.717) is 5.84 Å². The molecule has 0 saturated carbocycles. The lowest BCUT2D eigenvalue weighted by Crippen LogP contribution is -2.17. The minimum Gasteiger partial charge on any atom is -0.497 e. The fraction of sp³-hybridized carbons (Fsp3) is 0.273. The van der Waals surface area contributed by atoms with Crippen molar-refractivity contribution in [3.63, 3.8) is 0 Å². The van der Waals surface area contributed by atoms with Gasteiger partial charge in [0.25, 0.3) is 0 Å². The van der Waals surface area contributed by atoms with E-state index in [-0.39, 0.29) is 0 Å². The van der Waals surface area contributed by atoms with Gasteiger partial charge in [-0.3, -0.25) is 0 Å². The SMILES string of the molecule is COc1ccc(Br)c(C2=NN=C(N)CC2)c1. The van der Waals surface area contributed by atoms with Gasteiger partial charge in [-0.05, 0) is 24.6 Å². The summed E-state index contributed by atoms with van der Waals surface area (Å²) in [6.45, 7) is 0. The van der Waals surface area contributed by atoms with Crippen molar-refractivity contribution in [1.82, 2.24) is 0 Å². The number of hydrogen-bond acceptors (Lipinski definition) is 4. The van der Waals surface area contributed by atoms with Crippen LogP contribution in [0.15, 0.2) is 32.9 Å². The second-order valence-electron chi connectivity index (χ2n) is 3.48. The standard InChI is InChI=1S/C11H12BrN3O/c1-16-7-2-3-9(12)8(6-7)10-4-5-11(13)15-14-10/h2-3,6H,4-5H2,1H3,(H2,13,15). The Balaban J connectivity index is 2.40. The third-order valence-corrected chi connectivity index (χ3v) is 3.09. The second-order valence-corrected chi connectivity index (χ2v) is 4.34. The first kappa shape index (κ1) is 11.1. The third kappa shape index (κ3) is 2.24. The Hall–Kier alpha value is -1.36. The minimum absolute atomic E-state index is 0.586. The number of nitrogens with zero attached hydrogens (tertiary/aromatic N) is 2. The van der Waals surface area contributed by atoms with E-state index in [9.17, 15) is 0 Å². The average molecular weight is 282 g/mol. The van der Waals surface area contributed by atoms with Crippen LogP contribution in [-0.4, -0.2) is 18.7 Å². The first-order valence-electron chi connectivity index (χ1n) is 4.93. The Morgan fingerprint density at radius 1 is 1.31 bits per heavy atom. The van der Waals surface area contributed by atoms with E-state index >= 15 is 0 Å². The van der Waals surface area contributed by atoms with Crippen molar-refractivity contribution < 1.29 is 4.74 Å². The molecule has 1 aliphatic heterocycles. The molecule has 4 nitrogen and oxygen atoms in total. The molecule has 0 aromatic heterocycles. The summed E-state index contributed by atoms with van der Waals surface area (Å²) in [7, 11) is 1.64. The fourth-order valence-electron chi connectivity index (χ4n) is 1.51. The molecule has 0 fully saturated rings. The maximum absolute atomic E-state index is 5.58. The molecule has 1 aliphatic rings. The molecule has 0 bridgehead atoms. The lowest BCUT2D eigenvalue weighted by atomic mass is 10.0. The molecule has 0 atom stereocenters. The molecule has 2 rings (SSSR count). The molecule has 0 amide bonds. The van der Waals surface area contributed by atoms with Crippen LogP contribution in [0.3, 0.4) is 0 Å². The van der Waals surface area contributed by atoms with Crippen LogP contribution < -0.4 is 10.5 Å². The molecule has 0 aliphatic carbocycles. The normalized spacial score (nSPS) is 15.4. The second kappa shape index (κ2) is 4.65. The smallest absolute Gasteiger partial charge is 0.122 e. The molecular formula is C11H12BrN3O. The van der Waals surface area contributed by atoms with Crippen LogP contribution >= 0.6 is 15.9 Å². The number of ether oxygens (including phenoxy) is 1. The van der Waals surface area contributed by atoms with E-state index in [2.05, 4.69) is 26.1 Å². The highest BCUT2D eigenvalue weighted by Crippen LogP contribution is 2.25. The van der Waals surface area contributed by atoms with Crippen molar-refractivity contribution in [2.75, 3.05) is 7.11 Å². The summed E-state index contributed by atoms with van der Waals surface area (Å²) in [5.41, 5.74) is 7.52. The lowest BCUT2D eigenvalue weighted by molar-refractivity contribution is 0.414. The van der Waals surface area contributed by atoms with E-state index in [0.717, 1.165) is 34.3 Å². The topological polar surface area (TPSA) is 60.0 Å². The van der Waals surface area contributed by atoms with Gasteiger partial charge in [0, 0.05) is 16.5 Å². The van der Waals surface area contributed by atoms with Crippen molar-refractivity contribution in [1.29, 1.82) is 0 Å². The Morgan fingerprint density at radius 2 is 2.12 bits per heavy atom. The Kier molecular flexibility index (Phi) is 3.24. The minimum atomic E-state index is 0.586. The molecule has 0 saturated heterocycles. The van der Waals surface area contributed by atoms with Gasteiger partial charge in [-0.2, -0.15) is 5.10 Å².